The minimum Gasteiger partial charge on any atom is -0.356 e. The van der Waals surface area contributed by atoms with E-state index < -0.39 is 0 Å². The van der Waals surface area contributed by atoms with E-state index in [1.165, 1.54) is 12.8 Å². The summed E-state index contributed by atoms with van der Waals surface area (Å²) in [4.78, 5) is 17.0. The molecule has 1 aliphatic rings. The average molecular weight is 271 g/mol. The molecule has 82 valence electrons. The van der Waals surface area contributed by atoms with Gasteiger partial charge in [0.1, 0.15) is 5.69 Å². The summed E-state index contributed by atoms with van der Waals surface area (Å²) in [6, 6.07) is 1.84. The molecule has 0 atom stereocenters. The number of carbonyl (C=O) groups excluding carboxylic acids is 1. The van der Waals surface area contributed by atoms with Crippen LogP contribution in [0.25, 0.3) is 0 Å². The van der Waals surface area contributed by atoms with E-state index in [9.17, 15) is 4.79 Å². The maximum atomic E-state index is 12.0. The molecule has 1 aromatic rings. The van der Waals surface area contributed by atoms with Gasteiger partial charge in [-0.3, -0.25) is 4.79 Å². The summed E-state index contributed by atoms with van der Waals surface area (Å²) in [5.74, 6) is 0.127. The van der Waals surface area contributed by atoms with Gasteiger partial charge >= 0.3 is 0 Å². The molecule has 3 nitrogen and oxygen atoms in total. The smallest absolute Gasteiger partial charge is 0.270 e. The van der Waals surface area contributed by atoms with Crippen LogP contribution < -0.4 is 0 Å². The Kier molecular flexibility index (Phi) is 3.46. The molecular weight excluding hydrogens is 256 g/mol. The molecule has 4 heteroatoms. The Balaban J connectivity index is 2.06. The first-order chi connectivity index (χ1) is 7.27. The highest BCUT2D eigenvalue weighted by molar-refractivity contribution is 9.10. The third-order valence-electron chi connectivity index (χ3n) is 2.77. The predicted molar refractivity (Wildman–Crippen MR) is 62.9 cm³/mol. The fourth-order valence-corrected chi connectivity index (χ4v) is 2.28. The summed E-state index contributed by atoms with van der Waals surface area (Å²) < 4.78 is 0.931. The second-order valence-electron chi connectivity index (χ2n) is 3.94. The molecular formula is C11H15BrN2O. The number of hydrogen-bond acceptors (Lipinski definition) is 1. The zero-order valence-corrected chi connectivity index (χ0v) is 10.2. The highest BCUT2D eigenvalue weighted by Crippen LogP contribution is 2.15. The summed E-state index contributed by atoms with van der Waals surface area (Å²) in [5.41, 5.74) is 0.684. The molecule has 0 radical (unpaired) electrons. The van der Waals surface area contributed by atoms with Crippen LogP contribution in [-0.4, -0.2) is 28.9 Å². The Labute approximate surface area is 98.0 Å². The van der Waals surface area contributed by atoms with Crippen molar-refractivity contribution in [3.05, 3.63) is 22.4 Å². The zero-order valence-electron chi connectivity index (χ0n) is 8.63. The van der Waals surface area contributed by atoms with Crippen molar-refractivity contribution in [2.45, 2.75) is 25.7 Å². The number of amides is 1. The lowest BCUT2D eigenvalue weighted by Crippen LogP contribution is -2.31. The zero-order chi connectivity index (χ0) is 10.7. The molecule has 0 bridgehead atoms. The number of halogens is 1. The van der Waals surface area contributed by atoms with Crippen LogP contribution in [0.5, 0.6) is 0 Å². The quantitative estimate of drug-likeness (QED) is 0.837. The van der Waals surface area contributed by atoms with E-state index >= 15 is 0 Å². The van der Waals surface area contributed by atoms with Crippen molar-refractivity contribution < 1.29 is 4.79 Å². The minimum atomic E-state index is 0.127. The Bertz CT molecular complexity index is 340. The Morgan fingerprint density at radius 2 is 1.93 bits per heavy atom. The lowest BCUT2D eigenvalue weighted by atomic mass is 10.2. The fourth-order valence-electron chi connectivity index (χ4n) is 1.94. The van der Waals surface area contributed by atoms with Gasteiger partial charge in [-0.15, -0.1) is 0 Å². The number of nitrogens with zero attached hydrogens (tertiary/aromatic N) is 1. The van der Waals surface area contributed by atoms with Crippen LogP contribution in [-0.2, 0) is 0 Å². The summed E-state index contributed by atoms with van der Waals surface area (Å²) in [5, 5.41) is 0. The fraction of sp³-hybridized carbons (Fsp3) is 0.545. The number of likely N-dealkylation sites (tertiary alicyclic amines) is 1. The Hall–Kier alpha value is -0.770. The number of aromatic nitrogens is 1. The molecule has 1 aromatic heterocycles. The van der Waals surface area contributed by atoms with Crippen LogP contribution in [0.3, 0.4) is 0 Å². The van der Waals surface area contributed by atoms with E-state index in [-0.39, 0.29) is 5.91 Å². The van der Waals surface area contributed by atoms with Crippen LogP contribution in [0, 0.1) is 0 Å². The second kappa shape index (κ2) is 4.84. The van der Waals surface area contributed by atoms with Gasteiger partial charge in [-0.05, 0) is 34.8 Å². The van der Waals surface area contributed by atoms with Crippen LogP contribution in [0.4, 0.5) is 0 Å². The van der Waals surface area contributed by atoms with Crippen LogP contribution >= 0.6 is 15.9 Å². The maximum Gasteiger partial charge on any atom is 0.270 e. The van der Waals surface area contributed by atoms with Crippen molar-refractivity contribution in [1.29, 1.82) is 0 Å². The number of hydrogen-bond donors (Lipinski definition) is 1. The van der Waals surface area contributed by atoms with Gasteiger partial charge in [0, 0.05) is 23.8 Å². The first-order valence-electron chi connectivity index (χ1n) is 5.40. The molecule has 0 unspecified atom stereocenters. The van der Waals surface area contributed by atoms with Crippen molar-refractivity contribution in [2.75, 3.05) is 13.1 Å². The van der Waals surface area contributed by atoms with Crippen LogP contribution in [0.2, 0.25) is 0 Å². The van der Waals surface area contributed by atoms with Gasteiger partial charge in [0.15, 0.2) is 0 Å². The van der Waals surface area contributed by atoms with Crippen LogP contribution in [0.1, 0.15) is 36.2 Å². The third-order valence-corrected chi connectivity index (χ3v) is 3.23. The van der Waals surface area contributed by atoms with Gasteiger partial charge in [-0.2, -0.15) is 0 Å². The molecule has 0 spiro atoms. The number of H-pyrrole nitrogens is 1. The van der Waals surface area contributed by atoms with Crippen LogP contribution in [0.15, 0.2) is 16.7 Å². The SMILES string of the molecule is O=C(c1cc(Br)c[nH]1)N1CCCCCC1. The summed E-state index contributed by atoms with van der Waals surface area (Å²) in [7, 11) is 0. The standard InChI is InChI=1S/C11H15BrN2O/c12-9-7-10(13-8-9)11(15)14-5-3-1-2-4-6-14/h7-8,13H,1-6H2. The molecule has 2 heterocycles. The molecule has 1 saturated heterocycles. The van der Waals surface area contributed by atoms with E-state index in [1.54, 1.807) is 6.20 Å². The monoisotopic (exact) mass is 270 g/mol. The normalized spacial score (nSPS) is 17.5. The van der Waals surface area contributed by atoms with Gasteiger partial charge in [0.05, 0.1) is 0 Å². The molecule has 2 rings (SSSR count). The second-order valence-corrected chi connectivity index (χ2v) is 4.85. The van der Waals surface area contributed by atoms with E-state index in [2.05, 4.69) is 20.9 Å². The molecule has 1 fully saturated rings. The molecule has 0 saturated carbocycles. The first-order valence-corrected chi connectivity index (χ1v) is 6.20. The van der Waals surface area contributed by atoms with Gasteiger partial charge < -0.3 is 9.88 Å². The van der Waals surface area contributed by atoms with E-state index in [4.69, 9.17) is 0 Å². The van der Waals surface area contributed by atoms with Gasteiger partial charge in [-0.25, -0.2) is 0 Å². The van der Waals surface area contributed by atoms with Crippen molar-refractivity contribution in [1.82, 2.24) is 9.88 Å². The van der Waals surface area contributed by atoms with Gasteiger partial charge in [0.2, 0.25) is 0 Å². The molecule has 0 aromatic carbocycles. The lowest BCUT2D eigenvalue weighted by Gasteiger charge is -2.19. The summed E-state index contributed by atoms with van der Waals surface area (Å²) in [6.07, 6.45) is 6.56. The van der Waals surface area contributed by atoms with Gasteiger partial charge in [-0.1, -0.05) is 12.8 Å². The molecule has 0 aliphatic carbocycles. The maximum absolute atomic E-state index is 12.0. The minimum absolute atomic E-state index is 0.127. The van der Waals surface area contributed by atoms with E-state index in [1.807, 2.05) is 11.0 Å². The highest BCUT2D eigenvalue weighted by Gasteiger charge is 2.18. The largest absolute Gasteiger partial charge is 0.356 e. The lowest BCUT2D eigenvalue weighted by molar-refractivity contribution is 0.0756. The van der Waals surface area contributed by atoms with Crippen molar-refractivity contribution in [3.8, 4) is 0 Å². The number of rotatable bonds is 1. The number of aromatic amines is 1. The van der Waals surface area contributed by atoms with Crippen molar-refractivity contribution >= 4 is 21.8 Å². The average Bonchev–Trinajstić information content (AvgIpc) is 2.53. The van der Waals surface area contributed by atoms with Crippen molar-refractivity contribution in [3.63, 3.8) is 0 Å². The topological polar surface area (TPSA) is 36.1 Å². The summed E-state index contributed by atoms with van der Waals surface area (Å²) in [6.45, 7) is 1.80. The molecule has 1 N–H and O–H groups in total. The molecule has 15 heavy (non-hydrogen) atoms. The third kappa shape index (κ3) is 2.62. The van der Waals surface area contributed by atoms with E-state index in [0.717, 1.165) is 30.4 Å². The number of carbonyl (C=O) groups is 1. The Morgan fingerprint density at radius 3 is 2.47 bits per heavy atom. The molecule has 1 amide bonds. The predicted octanol–water partition coefficient (Wildman–Crippen LogP) is 2.79. The van der Waals surface area contributed by atoms with Gasteiger partial charge in [0.25, 0.3) is 5.91 Å². The summed E-state index contributed by atoms with van der Waals surface area (Å²) >= 11 is 3.34. The molecule has 1 aliphatic heterocycles. The Morgan fingerprint density at radius 1 is 1.27 bits per heavy atom. The highest BCUT2D eigenvalue weighted by atomic mass is 79.9. The van der Waals surface area contributed by atoms with E-state index in [0.29, 0.717) is 5.69 Å². The first kappa shape index (κ1) is 10.7. The number of nitrogens with one attached hydrogen (secondary N) is 1. The van der Waals surface area contributed by atoms with Crippen molar-refractivity contribution in [2.24, 2.45) is 0 Å².